The summed E-state index contributed by atoms with van der Waals surface area (Å²) >= 11 is 0. The van der Waals surface area contributed by atoms with E-state index in [0.717, 1.165) is 24.0 Å². The second-order valence-corrected chi connectivity index (χ2v) is 5.40. The molecule has 0 saturated carbocycles. The maximum absolute atomic E-state index is 6.07. The molecule has 2 N–H and O–H groups in total. The largest absolute Gasteiger partial charge is 0.384 e. The zero-order valence-corrected chi connectivity index (χ0v) is 11.4. The summed E-state index contributed by atoms with van der Waals surface area (Å²) < 4.78 is 1.78. The average Bonchev–Trinajstić information content (AvgIpc) is 2.51. The van der Waals surface area contributed by atoms with E-state index in [-0.39, 0.29) is 0 Å². The molecule has 4 heteroatoms. The second kappa shape index (κ2) is 4.69. The fourth-order valence-electron chi connectivity index (χ4n) is 2.76. The smallest absolute Gasteiger partial charge is 0.126 e. The Morgan fingerprint density at radius 2 is 2.12 bits per heavy atom. The van der Waals surface area contributed by atoms with Crippen LogP contribution in [0.15, 0.2) is 0 Å². The van der Waals surface area contributed by atoms with Crippen molar-refractivity contribution >= 4 is 5.82 Å². The summed E-state index contributed by atoms with van der Waals surface area (Å²) in [7, 11) is 1.91. The molecule has 1 aliphatic heterocycles. The molecule has 4 nitrogen and oxygen atoms in total. The summed E-state index contributed by atoms with van der Waals surface area (Å²) in [5.41, 5.74) is 8.34. The van der Waals surface area contributed by atoms with Gasteiger partial charge in [-0.3, -0.25) is 9.58 Å². The molecule has 0 radical (unpaired) electrons. The van der Waals surface area contributed by atoms with Crippen LogP contribution >= 0.6 is 0 Å². The van der Waals surface area contributed by atoms with Gasteiger partial charge in [0.1, 0.15) is 5.82 Å². The van der Waals surface area contributed by atoms with Gasteiger partial charge in [-0.1, -0.05) is 6.92 Å². The molecule has 0 aliphatic carbocycles. The molecule has 2 atom stereocenters. The number of aromatic nitrogens is 2. The number of hydrogen-bond acceptors (Lipinski definition) is 3. The summed E-state index contributed by atoms with van der Waals surface area (Å²) in [6.45, 7) is 8.84. The molecule has 1 saturated heterocycles. The van der Waals surface area contributed by atoms with Gasteiger partial charge in [-0.05, 0) is 39.2 Å². The van der Waals surface area contributed by atoms with Crippen molar-refractivity contribution in [3.63, 3.8) is 0 Å². The van der Waals surface area contributed by atoms with Crippen molar-refractivity contribution in [2.75, 3.05) is 12.3 Å². The van der Waals surface area contributed by atoms with Crippen LogP contribution in [0.4, 0.5) is 5.82 Å². The summed E-state index contributed by atoms with van der Waals surface area (Å²) in [6.07, 6.45) is 2.64. The minimum Gasteiger partial charge on any atom is -0.384 e. The van der Waals surface area contributed by atoms with E-state index in [4.69, 9.17) is 5.73 Å². The minimum absolute atomic E-state index is 0.641. The van der Waals surface area contributed by atoms with Crippen LogP contribution in [0.1, 0.15) is 37.9 Å². The fraction of sp³-hybridized carbons (Fsp3) is 0.769. The molecule has 0 aromatic carbocycles. The highest BCUT2D eigenvalue weighted by atomic mass is 15.3. The van der Waals surface area contributed by atoms with Gasteiger partial charge in [0.05, 0.1) is 5.69 Å². The Kier molecular flexibility index (Phi) is 3.43. The first-order chi connectivity index (χ1) is 8.00. The van der Waals surface area contributed by atoms with Crippen molar-refractivity contribution in [2.24, 2.45) is 13.0 Å². The third kappa shape index (κ3) is 2.32. The number of anilines is 1. The lowest BCUT2D eigenvalue weighted by Crippen LogP contribution is -2.41. The number of aryl methyl sites for hydroxylation is 2. The number of nitrogens with zero attached hydrogens (tertiary/aromatic N) is 3. The Morgan fingerprint density at radius 1 is 1.41 bits per heavy atom. The molecule has 2 heterocycles. The number of piperidine rings is 1. The van der Waals surface area contributed by atoms with Gasteiger partial charge in [0.15, 0.2) is 0 Å². The van der Waals surface area contributed by atoms with E-state index in [9.17, 15) is 0 Å². The number of likely N-dealkylation sites (tertiary alicyclic amines) is 1. The van der Waals surface area contributed by atoms with Crippen LogP contribution in [0.3, 0.4) is 0 Å². The van der Waals surface area contributed by atoms with Crippen LogP contribution in [0, 0.1) is 12.8 Å². The molecule has 1 aromatic rings. The molecule has 17 heavy (non-hydrogen) atoms. The highest BCUT2D eigenvalue weighted by Gasteiger charge is 2.26. The Bertz CT molecular complexity index is 396. The van der Waals surface area contributed by atoms with Gasteiger partial charge in [0.25, 0.3) is 0 Å². The molecule has 0 bridgehead atoms. The van der Waals surface area contributed by atoms with Gasteiger partial charge in [-0.15, -0.1) is 0 Å². The quantitative estimate of drug-likeness (QED) is 0.853. The Balaban J connectivity index is 2.14. The summed E-state index contributed by atoms with van der Waals surface area (Å²) in [4.78, 5) is 2.54. The fourth-order valence-corrected chi connectivity index (χ4v) is 2.76. The number of nitrogen functional groups attached to an aromatic ring is 1. The maximum atomic E-state index is 6.07. The minimum atomic E-state index is 0.641. The number of hydrogen-bond donors (Lipinski definition) is 1. The van der Waals surface area contributed by atoms with Crippen LogP contribution in [-0.2, 0) is 13.6 Å². The van der Waals surface area contributed by atoms with Crippen molar-refractivity contribution in [1.82, 2.24) is 14.7 Å². The topological polar surface area (TPSA) is 47.1 Å². The molecule has 1 fully saturated rings. The molecule has 0 amide bonds. The van der Waals surface area contributed by atoms with Crippen LogP contribution in [0.25, 0.3) is 0 Å². The van der Waals surface area contributed by atoms with Crippen molar-refractivity contribution in [3.05, 3.63) is 11.3 Å². The van der Waals surface area contributed by atoms with Crippen LogP contribution < -0.4 is 5.73 Å². The Hall–Kier alpha value is -1.03. The monoisotopic (exact) mass is 236 g/mol. The van der Waals surface area contributed by atoms with Crippen molar-refractivity contribution < 1.29 is 0 Å². The lowest BCUT2D eigenvalue weighted by molar-refractivity contribution is 0.106. The van der Waals surface area contributed by atoms with Gasteiger partial charge in [0, 0.05) is 25.2 Å². The molecule has 1 aliphatic rings. The highest BCUT2D eigenvalue weighted by Crippen LogP contribution is 2.26. The van der Waals surface area contributed by atoms with E-state index in [1.54, 1.807) is 4.68 Å². The predicted molar refractivity (Wildman–Crippen MR) is 70.6 cm³/mol. The molecule has 1 aromatic heterocycles. The first kappa shape index (κ1) is 12.4. The Morgan fingerprint density at radius 3 is 2.71 bits per heavy atom. The van der Waals surface area contributed by atoms with Crippen LogP contribution in [-0.4, -0.2) is 27.3 Å². The molecule has 0 spiro atoms. The lowest BCUT2D eigenvalue weighted by atomic mass is 9.92. The van der Waals surface area contributed by atoms with Gasteiger partial charge in [-0.2, -0.15) is 5.10 Å². The molecular formula is C13H24N4. The van der Waals surface area contributed by atoms with E-state index in [1.807, 2.05) is 14.0 Å². The summed E-state index contributed by atoms with van der Waals surface area (Å²) in [5.74, 6) is 1.59. The van der Waals surface area contributed by atoms with Crippen molar-refractivity contribution in [2.45, 2.75) is 46.2 Å². The van der Waals surface area contributed by atoms with E-state index in [1.165, 1.54) is 24.9 Å². The Labute approximate surface area is 104 Å². The summed E-state index contributed by atoms with van der Waals surface area (Å²) in [5, 5.41) is 4.39. The van der Waals surface area contributed by atoms with Crippen molar-refractivity contribution in [3.8, 4) is 0 Å². The highest BCUT2D eigenvalue weighted by molar-refractivity contribution is 5.42. The lowest BCUT2D eigenvalue weighted by Gasteiger charge is -2.37. The van der Waals surface area contributed by atoms with Gasteiger partial charge in [-0.25, -0.2) is 0 Å². The van der Waals surface area contributed by atoms with Crippen molar-refractivity contribution in [1.29, 1.82) is 0 Å². The molecule has 2 rings (SSSR count). The SMILES string of the molecule is Cc1nn(C)c(N)c1CN1CCCC(C)C1C. The zero-order valence-electron chi connectivity index (χ0n) is 11.4. The predicted octanol–water partition coefficient (Wildman–Crippen LogP) is 1.93. The maximum Gasteiger partial charge on any atom is 0.126 e. The van der Waals surface area contributed by atoms with Gasteiger partial charge < -0.3 is 5.73 Å². The van der Waals surface area contributed by atoms with E-state index in [0.29, 0.717) is 6.04 Å². The van der Waals surface area contributed by atoms with E-state index < -0.39 is 0 Å². The normalized spacial score (nSPS) is 26.4. The second-order valence-electron chi connectivity index (χ2n) is 5.40. The average molecular weight is 236 g/mol. The van der Waals surface area contributed by atoms with Crippen LogP contribution in [0.5, 0.6) is 0 Å². The molecular weight excluding hydrogens is 212 g/mol. The van der Waals surface area contributed by atoms with Gasteiger partial charge >= 0.3 is 0 Å². The molecule has 2 unspecified atom stereocenters. The zero-order chi connectivity index (χ0) is 12.6. The third-order valence-electron chi connectivity index (χ3n) is 4.26. The van der Waals surface area contributed by atoms with E-state index in [2.05, 4.69) is 23.8 Å². The molecule has 96 valence electrons. The van der Waals surface area contributed by atoms with Crippen LogP contribution in [0.2, 0.25) is 0 Å². The first-order valence-electron chi connectivity index (χ1n) is 6.52. The summed E-state index contributed by atoms with van der Waals surface area (Å²) in [6, 6.07) is 0.641. The van der Waals surface area contributed by atoms with Gasteiger partial charge in [0.2, 0.25) is 0 Å². The van der Waals surface area contributed by atoms with E-state index >= 15 is 0 Å². The number of nitrogens with two attached hydrogens (primary N) is 1. The number of rotatable bonds is 2. The standard InChI is InChI=1S/C13H24N4/c1-9-6-5-7-17(11(9)3)8-12-10(2)15-16(4)13(12)14/h9,11H,5-8,14H2,1-4H3. The third-order valence-corrected chi connectivity index (χ3v) is 4.26. The first-order valence-corrected chi connectivity index (χ1v) is 6.52.